The molecular weight excluding hydrogens is 366 g/mol. The molecule has 2 N–H and O–H groups in total. The predicted octanol–water partition coefficient (Wildman–Crippen LogP) is 4.41. The summed E-state index contributed by atoms with van der Waals surface area (Å²) in [5.74, 6) is -0.859. The molecule has 0 saturated carbocycles. The maximum Gasteiger partial charge on any atom is 0.257 e. The lowest BCUT2D eigenvalue weighted by molar-refractivity contribution is 0.100. The molecule has 0 saturated heterocycles. The molecule has 0 aliphatic heterocycles. The first-order valence-corrected chi connectivity index (χ1v) is 9.09. The number of pyridine rings is 1. The number of benzene rings is 2. The Balaban J connectivity index is 1.76. The van der Waals surface area contributed by atoms with E-state index < -0.39 is 5.91 Å². The first-order valence-electron chi connectivity index (χ1n) is 9.09. The van der Waals surface area contributed by atoms with Crippen LogP contribution in [0.5, 0.6) is 0 Å². The van der Waals surface area contributed by atoms with E-state index in [1.165, 1.54) is 25.4 Å². The summed E-state index contributed by atoms with van der Waals surface area (Å²) in [6.45, 7) is 5.37. The first-order chi connectivity index (χ1) is 13.8. The molecule has 0 radical (unpaired) electrons. The van der Waals surface area contributed by atoms with Crippen molar-refractivity contribution in [2.24, 2.45) is 0 Å². The second-order valence-corrected chi connectivity index (χ2v) is 6.88. The SMILES string of the molecule is CC(=O)c1cccc(NC(=O)c2cncc(C(=O)Nc3cc(C)cc(C)c3)c2)c1. The Morgan fingerprint density at radius 1 is 0.724 bits per heavy atom. The Bertz CT molecular complexity index is 1090. The third-order valence-corrected chi connectivity index (χ3v) is 4.27. The first kappa shape index (κ1) is 19.9. The molecule has 29 heavy (non-hydrogen) atoms. The topological polar surface area (TPSA) is 88.2 Å². The molecule has 3 aromatic rings. The standard InChI is InChI=1S/C23H21N3O3/c1-14-7-15(2)9-21(8-14)26-23(29)19-10-18(12-24-13-19)22(28)25-20-6-4-5-17(11-20)16(3)27/h4-13H,1-3H3,(H,25,28)(H,26,29). The minimum absolute atomic E-state index is 0.0900. The molecule has 6 nitrogen and oxygen atoms in total. The van der Waals surface area contributed by atoms with E-state index in [2.05, 4.69) is 15.6 Å². The number of carbonyl (C=O) groups excluding carboxylic acids is 3. The summed E-state index contributed by atoms with van der Waals surface area (Å²) in [5.41, 5.74) is 4.28. The van der Waals surface area contributed by atoms with Crippen LogP contribution < -0.4 is 10.6 Å². The number of nitrogens with one attached hydrogen (secondary N) is 2. The van der Waals surface area contributed by atoms with Gasteiger partial charge >= 0.3 is 0 Å². The molecule has 0 fully saturated rings. The number of rotatable bonds is 5. The van der Waals surface area contributed by atoms with Gasteiger partial charge in [0.25, 0.3) is 11.8 Å². The van der Waals surface area contributed by atoms with Gasteiger partial charge in [-0.3, -0.25) is 19.4 Å². The predicted molar refractivity (Wildman–Crippen MR) is 113 cm³/mol. The van der Waals surface area contributed by atoms with Gasteiger partial charge in [0.2, 0.25) is 0 Å². The van der Waals surface area contributed by atoms with Crippen molar-refractivity contribution >= 4 is 29.0 Å². The van der Waals surface area contributed by atoms with Crippen molar-refractivity contribution in [3.63, 3.8) is 0 Å². The van der Waals surface area contributed by atoms with Gasteiger partial charge in [0.15, 0.2) is 5.78 Å². The molecule has 0 aliphatic rings. The van der Waals surface area contributed by atoms with E-state index in [9.17, 15) is 14.4 Å². The molecule has 0 atom stereocenters. The van der Waals surface area contributed by atoms with E-state index in [-0.39, 0.29) is 22.8 Å². The summed E-state index contributed by atoms with van der Waals surface area (Å²) in [4.78, 5) is 40.6. The fraction of sp³-hybridized carbons (Fsp3) is 0.130. The van der Waals surface area contributed by atoms with Crippen LogP contribution in [0.3, 0.4) is 0 Å². The average Bonchev–Trinajstić information content (AvgIpc) is 2.67. The van der Waals surface area contributed by atoms with Crippen molar-refractivity contribution in [1.82, 2.24) is 4.98 Å². The number of Topliss-reactive ketones (excluding diaryl/α,β-unsaturated/α-hetero) is 1. The Kier molecular flexibility index (Phi) is 5.83. The highest BCUT2D eigenvalue weighted by Crippen LogP contribution is 2.16. The highest BCUT2D eigenvalue weighted by Gasteiger charge is 2.13. The van der Waals surface area contributed by atoms with Gasteiger partial charge in [-0.25, -0.2) is 0 Å². The van der Waals surface area contributed by atoms with Gasteiger partial charge in [-0.05, 0) is 62.2 Å². The number of hydrogen-bond donors (Lipinski definition) is 2. The van der Waals surface area contributed by atoms with Crippen molar-refractivity contribution in [2.75, 3.05) is 10.6 Å². The summed E-state index contributed by atoms with van der Waals surface area (Å²) in [5, 5.41) is 5.55. The number of ketones is 1. The lowest BCUT2D eigenvalue weighted by Gasteiger charge is -2.09. The van der Waals surface area contributed by atoms with E-state index in [1.807, 2.05) is 32.0 Å². The molecule has 0 bridgehead atoms. The third kappa shape index (κ3) is 5.13. The fourth-order valence-corrected chi connectivity index (χ4v) is 2.96. The number of hydrogen-bond acceptors (Lipinski definition) is 4. The smallest absolute Gasteiger partial charge is 0.257 e. The lowest BCUT2D eigenvalue weighted by atomic mass is 10.1. The zero-order chi connectivity index (χ0) is 21.0. The van der Waals surface area contributed by atoms with Gasteiger partial charge in [-0.2, -0.15) is 0 Å². The van der Waals surface area contributed by atoms with Crippen molar-refractivity contribution < 1.29 is 14.4 Å². The molecular formula is C23H21N3O3. The minimum Gasteiger partial charge on any atom is -0.322 e. The average molecular weight is 387 g/mol. The summed E-state index contributed by atoms with van der Waals surface area (Å²) >= 11 is 0. The van der Waals surface area contributed by atoms with E-state index in [4.69, 9.17) is 0 Å². The summed E-state index contributed by atoms with van der Waals surface area (Å²) in [6, 6.07) is 13.9. The van der Waals surface area contributed by atoms with Crippen LogP contribution >= 0.6 is 0 Å². The third-order valence-electron chi connectivity index (χ3n) is 4.27. The van der Waals surface area contributed by atoms with Gasteiger partial charge in [0.05, 0.1) is 11.1 Å². The maximum absolute atomic E-state index is 12.6. The highest BCUT2D eigenvalue weighted by molar-refractivity contribution is 6.08. The molecule has 3 rings (SSSR count). The fourth-order valence-electron chi connectivity index (χ4n) is 2.96. The zero-order valence-corrected chi connectivity index (χ0v) is 16.4. The van der Waals surface area contributed by atoms with Gasteiger partial charge < -0.3 is 10.6 Å². The molecule has 1 aromatic heterocycles. The molecule has 146 valence electrons. The van der Waals surface area contributed by atoms with Crippen LogP contribution in [0.25, 0.3) is 0 Å². The van der Waals surface area contributed by atoms with E-state index in [0.717, 1.165) is 11.1 Å². The maximum atomic E-state index is 12.6. The monoisotopic (exact) mass is 387 g/mol. The normalized spacial score (nSPS) is 10.3. The van der Waals surface area contributed by atoms with Crippen LogP contribution in [0.1, 0.15) is 49.1 Å². The molecule has 0 unspecified atom stereocenters. The van der Waals surface area contributed by atoms with Crippen LogP contribution in [0.2, 0.25) is 0 Å². The van der Waals surface area contributed by atoms with Gasteiger partial charge in [0.1, 0.15) is 0 Å². The molecule has 1 heterocycles. The van der Waals surface area contributed by atoms with Crippen molar-refractivity contribution in [1.29, 1.82) is 0 Å². The Morgan fingerprint density at radius 3 is 1.90 bits per heavy atom. The molecule has 2 amide bonds. The largest absolute Gasteiger partial charge is 0.322 e. The van der Waals surface area contributed by atoms with Crippen LogP contribution in [-0.2, 0) is 0 Å². The van der Waals surface area contributed by atoms with Crippen molar-refractivity contribution in [2.45, 2.75) is 20.8 Å². The van der Waals surface area contributed by atoms with Crippen molar-refractivity contribution in [3.05, 3.63) is 88.7 Å². The lowest BCUT2D eigenvalue weighted by Crippen LogP contribution is -2.16. The number of aryl methyl sites for hydroxylation is 2. The van der Waals surface area contributed by atoms with E-state index >= 15 is 0 Å². The number of amides is 2. The number of anilines is 2. The Morgan fingerprint density at radius 2 is 1.31 bits per heavy atom. The number of aromatic nitrogens is 1. The van der Waals surface area contributed by atoms with E-state index in [0.29, 0.717) is 16.9 Å². The summed E-state index contributed by atoms with van der Waals surface area (Å²) in [7, 11) is 0. The Hall–Kier alpha value is -3.80. The highest BCUT2D eigenvalue weighted by atomic mass is 16.2. The van der Waals surface area contributed by atoms with Crippen LogP contribution in [-0.4, -0.2) is 22.6 Å². The quantitative estimate of drug-likeness (QED) is 0.635. The minimum atomic E-state index is -0.417. The second kappa shape index (κ2) is 8.48. The van der Waals surface area contributed by atoms with Crippen LogP contribution in [0, 0.1) is 13.8 Å². The number of nitrogens with zero attached hydrogens (tertiary/aromatic N) is 1. The van der Waals surface area contributed by atoms with Gasteiger partial charge in [-0.15, -0.1) is 0 Å². The Labute approximate surface area is 169 Å². The molecule has 0 spiro atoms. The summed E-state index contributed by atoms with van der Waals surface area (Å²) in [6.07, 6.45) is 2.79. The van der Waals surface area contributed by atoms with Gasteiger partial charge in [0, 0.05) is 29.3 Å². The molecule has 0 aliphatic carbocycles. The zero-order valence-electron chi connectivity index (χ0n) is 16.4. The molecule has 6 heteroatoms. The molecule has 2 aromatic carbocycles. The van der Waals surface area contributed by atoms with E-state index in [1.54, 1.807) is 24.3 Å². The van der Waals surface area contributed by atoms with Gasteiger partial charge in [-0.1, -0.05) is 18.2 Å². The second-order valence-electron chi connectivity index (χ2n) is 6.88. The van der Waals surface area contributed by atoms with Crippen LogP contribution in [0.4, 0.5) is 11.4 Å². The van der Waals surface area contributed by atoms with Crippen LogP contribution in [0.15, 0.2) is 60.9 Å². The summed E-state index contributed by atoms with van der Waals surface area (Å²) < 4.78 is 0. The number of carbonyl (C=O) groups is 3. The van der Waals surface area contributed by atoms with Crippen molar-refractivity contribution in [3.8, 4) is 0 Å².